The van der Waals surface area contributed by atoms with Crippen LogP contribution in [0.2, 0.25) is 0 Å². The fraction of sp³-hybridized carbons (Fsp3) is 0.643. The molecule has 1 fully saturated rings. The normalized spacial score (nSPS) is 19.9. The highest BCUT2D eigenvalue weighted by Gasteiger charge is 2.33. The van der Waals surface area contributed by atoms with E-state index in [9.17, 15) is 9.90 Å². The molecule has 20 heavy (non-hydrogen) atoms. The topological polar surface area (TPSA) is 69.6 Å². The fourth-order valence-electron chi connectivity index (χ4n) is 2.45. The first-order valence-electron chi connectivity index (χ1n) is 7.06. The molecule has 0 aliphatic carbocycles. The molecular formula is C14H22N4O2. The average Bonchev–Trinajstić information content (AvgIpc) is 2.94. The highest BCUT2D eigenvalue weighted by atomic mass is 16.3. The molecule has 0 saturated carbocycles. The molecule has 0 spiro atoms. The summed E-state index contributed by atoms with van der Waals surface area (Å²) in [5, 5.41) is 9.31. The van der Waals surface area contributed by atoms with Gasteiger partial charge in [0.25, 0.3) is 0 Å². The van der Waals surface area contributed by atoms with E-state index < -0.39 is 0 Å². The van der Waals surface area contributed by atoms with Crippen molar-refractivity contribution in [2.45, 2.75) is 38.3 Å². The van der Waals surface area contributed by atoms with Gasteiger partial charge in [0.2, 0.25) is 11.9 Å². The van der Waals surface area contributed by atoms with Crippen LogP contribution in [0.3, 0.4) is 0 Å². The molecule has 0 bridgehead atoms. The van der Waals surface area contributed by atoms with Gasteiger partial charge in [0, 0.05) is 32.5 Å². The highest BCUT2D eigenvalue weighted by Crippen LogP contribution is 2.23. The van der Waals surface area contributed by atoms with E-state index in [1.165, 1.54) is 0 Å². The van der Waals surface area contributed by atoms with Crippen LogP contribution in [-0.4, -0.2) is 58.2 Å². The molecule has 2 atom stereocenters. The number of nitrogens with zero attached hydrogens (tertiary/aromatic N) is 4. The predicted molar refractivity (Wildman–Crippen MR) is 76.3 cm³/mol. The number of aliphatic hydroxyl groups is 1. The highest BCUT2D eigenvalue weighted by molar-refractivity contribution is 5.85. The van der Waals surface area contributed by atoms with Crippen molar-refractivity contribution in [2.75, 3.05) is 25.0 Å². The summed E-state index contributed by atoms with van der Waals surface area (Å²) >= 11 is 0. The Labute approximate surface area is 119 Å². The van der Waals surface area contributed by atoms with Crippen molar-refractivity contribution in [1.29, 1.82) is 0 Å². The van der Waals surface area contributed by atoms with E-state index in [-0.39, 0.29) is 18.1 Å². The second kappa shape index (κ2) is 6.65. The summed E-state index contributed by atoms with van der Waals surface area (Å²) in [6.45, 7) is 3.11. The van der Waals surface area contributed by atoms with Crippen molar-refractivity contribution in [3.63, 3.8) is 0 Å². The maximum atomic E-state index is 12.5. The van der Waals surface area contributed by atoms with Crippen molar-refractivity contribution in [1.82, 2.24) is 14.9 Å². The molecule has 1 amide bonds. The van der Waals surface area contributed by atoms with Gasteiger partial charge in [0.1, 0.15) is 6.04 Å². The third-order valence-electron chi connectivity index (χ3n) is 3.61. The van der Waals surface area contributed by atoms with Crippen molar-refractivity contribution in [3.8, 4) is 0 Å². The van der Waals surface area contributed by atoms with Gasteiger partial charge < -0.3 is 14.9 Å². The lowest BCUT2D eigenvalue weighted by molar-refractivity contribution is -0.131. The molecule has 1 saturated heterocycles. The summed E-state index contributed by atoms with van der Waals surface area (Å²) < 4.78 is 0. The van der Waals surface area contributed by atoms with Crippen LogP contribution in [0.25, 0.3) is 0 Å². The lowest BCUT2D eigenvalue weighted by Gasteiger charge is -2.28. The van der Waals surface area contributed by atoms with E-state index in [2.05, 4.69) is 9.97 Å². The summed E-state index contributed by atoms with van der Waals surface area (Å²) in [4.78, 5) is 24.6. The fourth-order valence-corrected chi connectivity index (χ4v) is 2.45. The number of carbonyl (C=O) groups is 1. The molecule has 2 rings (SSSR count). The molecule has 1 aromatic rings. The van der Waals surface area contributed by atoms with Gasteiger partial charge in [0.05, 0.1) is 6.10 Å². The lowest BCUT2D eigenvalue weighted by Crippen LogP contribution is -2.45. The maximum absolute atomic E-state index is 12.5. The summed E-state index contributed by atoms with van der Waals surface area (Å²) in [5.41, 5.74) is 0. The summed E-state index contributed by atoms with van der Waals surface area (Å²) in [5.74, 6) is 0.697. The predicted octanol–water partition coefficient (Wildman–Crippen LogP) is 0.675. The van der Waals surface area contributed by atoms with Gasteiger partial charge in [0.15, 0.2) is 0 Å². The maximum Gasteiger partial charge on any atom is 0.245 e. The van der Waals surface area contributed by atoms with Crippen LogP contribution in [0.15, 0.2) is 18.5 Å². The summed E-state index contributed by atoms with van der Waals surface area (Å²) in [7, 11) is 1.78. The van der Waals surface area contributed by atoms with E-state index in [0.717, 1.165) is 19.4 Å². The number of amides is 1. The van der Waals surface area contributed by atoms with E-state index in [1.54, 1.807) is 37.3 Å². The largest absolute Gasteiger partial charge is 0.393 e. The zero-order valence-electron chi connectivity index (χ0n) is 12.1. The molecule has 0 aromatic carbocycles. The first kappa shape index (κ1) is 14.7. The van der Waals surface area contributed by atoms with E-state index in [0.29, 0.717) is 18.9 Å². The molecule has 2 heterocycles. The number of hydrogen-bond donors (Lipinski definition) is 1. The zero-order chi connectivity index (χ0) is 14.5. The number of aromatic nitrogens is 2. The standard InChI is InChI=1S/C14H22N4O2/c1-11(19)6-10-17(2)13(20)12-5-3-9-18(12)14-15-7-4-8-16-14/h4,7-8,11-12,19H,3,5-6,9-10H2,1-2H3. The molecule has 6 nitrogen and oxygen atoms in total. The van der Waals surface area contributed by atoms with Gasteiger partial charge in [-0.3, -0.25) is 4.79 Å². The van der Waals surface area contributed by atoms with Gasteiger partial charge in [-0.15, -0.1) is 0 Å². The van der Waals surface area contributed by atoms with Crippen LogP contribution < -0.4 is 4.90 Å². The molecule has 0 radical (unpaired) electrons. The Morgan fingerprint density at radius 1 is 1.55 bits per heavy atom. The molecule has 2 unspecified atom stereocenters. The third kappa shape index (κ3) is 3.45. The second-order valence-electron chi connectivity index (χ2n) is 5.30. The molecule has 1 aliphatic heterocycles. The summed E-state index contributed by atoms with van der Waals surface area (Å²) in [6.07, 6.45) is 5.40. The summed E-state index contributed by atoms with van der Waals surface area (Å²) in [6, 6.07) is 1.59. The monoisotopic (exact) mass is 278 g/mol. The molecule has 1 aromatic heterocycles. The molecule has 6 heteroatoms. The van der Waals surface area contributed by atoms with E-state index in [1.807, 2.05) is 4.90 Å². The first-order chi connectivity index (χ1) is 9.59. The first-order valence-corrected chi connectivity index (χ1v) is 7.06. The van der Waals surface area contributed by atoms with Crippen molar-refractivity contribution >= 4 is 11.9 Å². The molecule has 110 valence electrons. The average molecular weight is 278 g/mol. The zero-order valence-corrected chi connectivity index (χ0v) is 12.1. The number of likely N-dealkylation sites (N-methyl/N-ethyl adjacent to an activating group) is 1. The number of hydrogen-bond acceptors (Lipinski definition) is 5. The number of anilines is 1. The van der Waals surface area contributed by atoms with Crippen LogP contribution in [0.1, 0.15) is 26.2 Å². The van der Waals surface area contributed by atoms with Gasteiger partial charge in [-0.05, 0) is 32.3 Å². The quantitative estimate of drug-likeness (QED) is 0.857. The van der Waals surface area contributed by atoms with Crippen LogP contribution in [0, 0.1) is 0 Å². The molecular weight excluding hydrogens is 256 g/mol. The minimum atomic E-state index is -0.387. The number of carbonyl (C=O) groups excluding carboxylic acids is 1. The molecule has 1 N–H and O–H groups in total. The minimum absolute atomic E-state index is 0.0793. The van der Waals surface area contributed by atoms with Gasteiger partial charge in [-0.2, -0.15) is 0 Å². The van der Waals surface area contributed by atoms with Crippen LogP contribution in [-0.2, 0) is 4.79 Å². The molecule has 1 aliphatic rings. The van der Waals surface area contributed by atoms with Crippen molar-refractivity contribution in [2.24, 2.45) is 0 Å². The van der Waals surface area contributed by atoms with Gasteiger partial charge in [-0.1, -0.05) is 0 Å². The smallest absolute Gasteiger partial charge is 0.245 e. The Kier molecular flexibility index (Phi) is 4.89. The Bertz CT molecular complexity index is 438. The number of aliphatic hydroxyl groups excluding tert-OH is 1. The van der Waals surface area contributed by atoms with E-state index >= 15 is 0 Å². The van der Waals surface area contributed by atoms with Gasteiger partial charge >= 0.3 is 0 Å². The Morgan fingerprint density at radius 2 is 2.25 bits per heavy atom. The third-order valence-corrected chi connectivity index (χ3v) is 3.61. The number of rotatable bonds is 5. The van der Waals surface area contributed by atoms with Crippen LogP contribution in [0.4, 0.5) is 5.95 Å². The lowest BCUT2D eigenvalue weighted by atomic mass is 10.2. The second-order valence-corrected chi connectivity index (χ2v) is 5.30. The van der Waals surface area contributed by atoms with Crippen LogP contribution >= 0.6 is 0 Å². The van der Waals surface area contributed by atoms with E-state index in [4.69, 9.17) is 0 Å². The van der Waals surface area contributed by atoms with Crippen molar-refractivity contribution < 1.29 is 9.90 Å². The Balaban J connectivity index is 2.01. The van der Waals surface area contributed by atoms with Crippen molar-refractivity contribution in [3.05, 3.63) is 18.5 Å². The van der Waals surface area contributed by atoms with Gasteiger partial charge in [-0.25, -0.2) is 9.97 Å². The minimum Gasteiger partial charge on any atom is -0.393 e. The Hall–Kier alpha value is -1.69. The SMILES string of the molecule is CC(O)CCN(C)C(=O)C1CCCN1c1ncccn1. The van der Waals surface area contributed by atoms with Crippen LogP contribution in [0.5, 0.6) is 0 Å². The Morgan fingerprint density at radius 3 is 2.90 bits per heavy atom.